The molecule has 0 aliphatic carbocycles. The maximum absolute atomic E-state index is 9.86. The van der Waals surface area contributed by atoms with E-state index in [2.05, 4.69) is 20.9 Å². The fraction of sp³-hybridized carbons (Fsp3) is 0.222. The quantitative estimate of drug-likeness (QED) is 0.602. The molecular formula is C9H8BrNO2. The first kappa shape index (κ1) is 9.96. The van der Waals surface area contributed by atoms with Gasteiger partial charge in [0, 0.05) is 0 Å². The van der Waals surface area contributed by atoms with Crippen molar-refractivity contribution in [3.05, 3.63) is 28.2 Å². The minimum absolute atomic E-state index is 0.353. The number of carbonyl (C=O) groups excluding carboxylic acids is 1. The van der Waals surface area contributed by atoms with Crippen LogP contribution in [0.5, 0.6) is 5.75 Å². The van der Waals surface area contributed by atoms with Gasteiger partial charge in [0.25, 0.3) is 0 Å². The smallest absolute Gasteiger partial charge is 0.235 e. The number of isocyanates is 1. The molecule has 0 fully saturated rings. The summed E-state index contributed by atoms with van der Waals surface area (Å²) < 4.78 is 5.90. The first-order chi connectivity index (χ1) is 6.27. The van der Waals surface area contributed by atoms with Crippen molar-refractivity contribution >= 4 is 22.0 Å². The van der Waals surface area contributed by atoms with Gasteiger partial charge in [0.2, 0.25) is 6.08 Å². The molecule has 0 unspecified atom stereocenters. The van der Waals surface area contributed by atoms with Crippen LogP contribution < -0.4 is 4.74 Å². The van der Waals surface area contributed by atoms with Crippen LogP contribution in [0.25, 0.3) is 0 Å². The lowest BCUT2D eigenvalue weighted by molar-refractivity contribution is 0.412. The van der Waals surface area contributed by atoms with Gasteiger partial charge in [-0.2, -0.15) is 0 Å². The second kappa shape index (κ2) is 4.80. The van der Waals surface area contributed by atoms with Crippen LogP contribution in [0, 0.1) is 0 Å². The molecule has 4 heteroatoms. The average molecular weight is 242 g/mol. The Hall–Kier alpha value is -1.12. The molecule has 0 aliphatic heterocycles. The lowest BCUT2D eigenvalue weighted by Gasteiger charge is -2.03. The summed E-state index contributed by atoms with van der Waals surface area (Å²) in [5, 5.41) is 0. The molecule has 0 heterocycles. The fourth-order valence-corrected chi connectivity index (χ4v) is 1.52. The molecule has 0 saturated heterocycles. The minimum Gasteiger partial charge on any atom is -0.496 e. The molecule has 0 radical (unpaired) electrons. The van der Waals surface area contributed by atoms with Crippen LogP contribution in [0.4, 0.5) is 0 Å². The molecule has 0 spiro atoms. The van der Waals surface area contributed by atoms with Gasteiger partial charge in [-0.15, -0.1) is 0 Å². The summed E-state index contributed by atoms with van der Waals surface area (Å²) in [5.74, 6) is 0.763. The number of hydrogen-bond donors (Lipinski definition) is 0. The Morgan fingerprint density at radius 2 is 2.38 bits per heavy atom. The predicted molar refractivity (Wildman–Crippen MR) is 52.5 cm³/mol. The summed E-state index contributed by atoms with van der Waals surface area (Å²) in [4.78, 5) is 13.3. The van der Waals surface area contributed by atoms with Crippen molar-refractivity contribution in [1.82, 2.24) is 0 Å². The Kier molecular flexibility index (Phi) is 3.68. The molecular weight excluding hydrogens is 234 g/mol. The topological polar surface area (TPSA) is 38.7 Å². The van der Waals surface area contributed by atoms with Crippen LogP contribution in [0.15, 0.2) is 27.7 Å². The average Bonchev–Trinajstić information content (AvgIpc) is 2.15. The Morgan fingerprint density at radius 1 is 1.62 bits per heavy atom. The summed E-state index contributed by atoms with van der Waals surface area (Å²) in [5.41, 5.74) is 0.941. The first-order valence-electron chi connectivity index (χ1n) is 3.64. The van der Waals surface area contributed by atoms with Crippen LogP contribution in [0.3, 0.4) is 0 Å². The highest BCUT2D eigenvalue weighted by Gasteiger charge is 1.99. The number of aliphatic imine (C=N–C) groups is 1. The van der Waals surface area contributed by atoms with Crippen molar-refractivity contribution in [1.29, 1.82) is 0 Å². The maximum atomic E-state index is 9.86. The molecule has 1 aromatic rings. The number of rotatable bonds is 3. The minimum atomic E-state index is 0.353. The molecule has 68 valence electrons. The van der Waals surface area contributed by atoms with Crippen molar-refractivity contribution in [2.45, 2.75) is 6.54 Å². The summed E-state index contributed by atoms with van der Waals surface area (Å²) in [6.07, 6.45) is 1.49. The number of nitrogens with zero attached hydrogens (tertiary/aromatic N) is 1. The van der Waals surface area contributed by atoms with Crippen LogP contribution >= 0.6 is 15.9 Å². The van der Waals surface area contributed by atoms with Gasteiger partial charge >= 0.3 is 0 Å². The zero-order valence-corrected chi connectivity index (χ0v) is 8.67. The predicted octanol–water partition coefficient (Wildman–Crippen LogP) is 2.29. The number of benzene rings is 1. The van der Waals surface area contributed by atoms with Crippen molar-refractivity contribution in [3.8, 4) is 5.75 Å². The van der Waals surface area contributed by atoms with Crippen LogP contribution in [0.1, 0.15) is 5.56 Å². The summed E-state index contributed by atoms with van der Waals surface area (Å²) in [6, 6.07) is 5.53. The SMILES string of the molecule is COc1ccc(CN=C=O)cc1Br. The molecule has 3 nitrogen and oxygen atoms in total. The van der Waals surface area contributed by atoms with Gasteiger partial charge in [-0.25, -0.2) is 9.79 Å². The molecule has 0 N–H and O–H groups in total. The molecule has 0 saturated carbocycles. The van der Waals surface area contributed by atoms with Crippen molar-refractivity contribution in [2.24, 2.45) is 4.99 Å². The lowest BCUT2D eigenvalue weighted by atomic mass is 10.2. The van der Waals surface area contributed by atoms with E-state index < -0.39 is 0 Å². The Morgan fingerprint density at radius 3 is 2.92 bits per heavy atom. The van der Waals surface area contributed by atoms with Crippen molar-refractivity contribution in [3.63, 3.8) is 0 Å². The van der Waals surface area contributed by atoms with E-state index in [-0.39, 0.29) is 0 Å². The molecule has 0 aliphatic rings. The summed E-state index contributed by atoms with van der Waals surface area (Å²) in [6.45, 7) is 0.353. The third kappa shape index (κ3) is 2.68. The molecule has 13 heavy (non-hydrogen) atoms. The van der Waals surface area contributed by atoms with Gasteiger partial charge in [0.05, 0.1) is 18.1 Å². The highest BCUT2D eigenvalue weighted by molar-refractivity contribution is 9.10. The Balaban J connectivity index is 2.88. The van der Waals surface area contributed by atoms with Gasteiger partial charge in [-0.3, -0.25) is 0 Å². The lowest BCUT2D eigenvalue weighted by Crippen LogP contribution is -1.86. The second-order valence-electron chi connectivity index (χ2n) is 2.38. The van der Waals surface area contributed by atoms with Gasteiger partial charge in [0.1, 0.15) is 5.75 Å². The van der Waals surface area contributed by atoms with E-state index in [1.807, 2.05) is 18.2 Å². The van der Waals surface area contributed by atoms with E-state index >= 15 is 0 Å². The highest BCUT2D eigenvalue weighted by Crippen LogP contribution is 2.25. The van der Waals surface area contributed by atoms with E-state index in [1.54, 1.807) is 7.11 Å². The molecule has 1 rings (SSSR count). The van der Waals surface area contributed by atoms with Crippen LogP contribution in [-0.4, -0.2) is 13.2 Å². The van der Waals surface area contributed by atoms with E-state index in [0.717, 1.165) is 15.8 Å². The van der Waals surface area contributed by atoms with Gasteiger partial charge < -0.3 is 4.74 Å². The number of halogens is 1. The zero-order valence-electron chi connectivity index (χ0n) is 7.08. The Bertz CT molecular complexity index is 345. The standard InChI is InChI=1S/C9H8BrNO2/c1-13-9-3-2-7(4-8(9)10)5-11-6-12/h2-4H,5H2,1H3. The second-order valence-corrected chi connectivity index (χ2v) is 3.23. The summed E-state index contributed by atoms with van der Waals surface area (Å²) >= 11 is 3.33. The summed E-state index contributed by atoms with van der Waals surface area (Å²) in [7, 11) is 1.60. The molecule has 0 bridgehead atoms. The highest BCUT2D eigenvalue weighted by atomic mass is 79.9. The fourth-order valence-electron chi connectivity index (χ4n) is 0.932. The zero-order chi connectivity index (χ0) is 9.68. The normalized spacial score (nSPS) is 9.08. The van der Waals surface area contributed by atoms with E-state index in [0.29, 0.717) is 6.54 Å². The third-order valence-electron chi connectivity index (χ3n) is 1.54. The molecule has 0 aromatic heterocycles. The van der Waals surface area contributed by atoms with E-state index in [9.17, 15) is 4.79 Å². The van der Waals surface area contributed by atoms with Gasteiger partial charge in [-0.1, -0.05) is 6.07 Å². The Labute approximate surface area is 84.6 Å². The maximum Gasteiger partial charge on any atom is 0.235 e. The first-order valence-corrected chi connectivity index (χ1v) is 4.43. The number of methoxy groups -OCH3 is 1. The molecule has 0 amide bonds. The largest absolute Gasteiger partial charge is 0.496 e. The molecule has 1 aromatic carbocycles. The van der Waals surface area contributed by atoms with Gasteiger partial charge in [-0.05, 0) is 33.6 Å². The van der Waals surface area contributed by atoms with Crippen LogP contribution in [-0.2, 0) is 11.3 Å². The van der Waals surface area contributed by atoms with E-state index in [1.165, 1.54) is 6.08 Å². The third-order valence-corrected chi connectivity index (χ3v) is 2.16. The monoisotopic (exact) mass is 241 g/mol. The number of hydrogen-bond acceptors (Lipinski definition) is 3. The van der Waals surface area contributed by atoms with Crippen molar-refractivity contribution < 1.29 is 9.53 Å². The number of ether oxygens (including phenoxy) is 1. The van der Waals surface area contributed by atoms with Crippen molar-refractivity contribution in [2.75, 3.05) is 7.11 Å². The molecule has 0 atom stereocenters. The van der Waals surface area contributed by atoms with Gasteiger partial charge in [0.15, 0.2) is 0 Å². The van der Waals surface area contributed by atoms with Crippen LogP contribution in [0.2, 0.25) is 0 Å². The van der Waals surface area contributed by atoms with E-state index in [4.69, 9.17) is 4.74 Å².